The number of fused-ring (bicyclic) bond motifs is 1. The minimum atomic E-state index is -0.0761. The van der Waals surface area contributed by atoms with Crippen molar-refractivity contribution >= 4 is 15.9 Å². The molecule has 0 saturated carbocycles. The largest absolute Gasteiger partial charge is 0.313 e. The fourth-order valence-corrected chi connectivity index (χ4v) is 2.92. The van der Waals surface area contributed by atoms with Gasteiger partial charge in [0.2, 0.25) is 0 Å². The van der Waals surface area contributed by atoms with Gasteiger partial charge in [0.1, 0.15) is 5.82 Å². The lowest BCUT2D eigenvalue weighted by molar-refractivity contribution is 0.445. The molecule has 2 unspecified atom stereocenters. The third-order valence-corrected chi connectivity index (χ3v) is 3.66. The van der Waals surface area contributed by atoms with Crippen molar-refractivity contribution < 1.29 is 4.39 Å². The summed E-state index contributed by atoms with van der Waals surface area (Å²) in [6, 6.07) is 3.60. The molecule has 2 rings (SSSR count). The predicted octanol–water partition coefficient (Wildman–Crippen LogP) is 3.04. The lowest BCUT2D eigenvalue weighted by Crippen LogP contribution is -2.19. The van der Waals surface area contributed by atoms with Crippen LogP contribution in [0.25, 0.3) is 0 Å². The van der Waals surface area contributed by atoms with Gasteiger partial charge < -0.3 is 5.32 Å². The van der Waals surface area contributed by atoms with Gasteiger partial charge in [0.05, 0.1) is 0 Å². The van der Waals surface area contributed by atoms with E-state index < -0.39 is 0 Å². The van der Waals surface area contributed by atoms with E-state index in [1.54, 1.807) is 6.07 Å². The summed E-state index contributed by atoms with van der Waals surface area (Å²) in [6.07, 6.45) is 0.826. The van der Waals surface area contributed by atoms with Crippen molar-refractivity contribution in [3.05, 3.63) is 33.5 Å². The molecular formula is C11H13BrFN. The molecular weight excluding hydrogens is 245 g/mol. The Morgan fingerprint density at radius 2 is 2.21 bits per heavy atom. The predicted molar refractivity (Wildman–Crippen MR) is 58.8 cm³/mol. The van der Waals surface area contributed by atoms with Crippen LogP contribution in [0.5, 0.6) is 0 Å². The van der Waals surface area contributed by atoms with Gasteiger partial charge in [0, 0.05) is 10.5 Å². The van der Waals surface area contributed by atoms with E-state index in [2.05, 4.69) is 28.2 Å². The third-order valence-electron chi connectivity index (χ3n) is 2.96. The first-order valence-corrected chi connectivity index (χ1v) is 5.58. The Hall–Kier alpha value is -0.410. The van der Waals surface area contributed by atoms with Crippen LogP contribution in [0, 0.1) is 11.7 Å². The molecule has 0 aromatic heterocycles. The molecule has 0 fully saturated rings. The smallest absolute Gasteiger partial charge is 0.126 e. The van der Waals surface area contributed by atoms with Crippen LogP contribution in [0.4, 0.5) is 4.39 Å². The van der Waals surface area contributed by atoms with E-state index in [9.17, 15) is 4.39 Å². The van der Waals surface area contributed by atoms with Gasteiger partial charge in [0.15, 0.2) is 0 Å². The number of hydrogen-bond acceptors (Lipinski definition) is 1. The molecule has 0 saturated heterocycles. The zero-order valence-electron chi connectivity index (χ0n) is 8.27. The highest BCUT2D eigenvalue weighted by atomic mass is 79.9. The van der Waals surface area contributed by atoms with Crippen LogP contribution in [-0.4, -0.2) is 7.05 Å². The molecule has 1 aliphatic rings. The fourth-order valence-electron chi connectivity index (χ4n) is 2.31. The van der Waals surface area contributed by atoms with Gasteiger partial charge in [-0.25, -0.2) is 4.39 Å². The fraction of sp³-hybridized carbons (Fsp3) is 0.455. The minimum absolute atomic E-state index is 0.0761. The van der Waals surface area contributed by atoms with Gasteiger partial charge in [-0.05, 0) is 42.6 Å². The van der Waals surface area contributed by atoms with Crippen molar-refractivity contribution in [3.63, 3.8) is 0 Å². The van der Waals surface area contributed by atoms with Crippen molar-refractivity contribution in [1.82, 2.24) is 5.32 Å². The molecule has 1 nitrogen and oxygen atoms in total. The average Bonchev–Trinajstić information content (AvgIpc) is 2.50. The van der Waals surface area contributed by atoms with Crippen LogP contribution in [0.15, 0.2) is 16.6 Å². The molecule has 0 heterocycles. The molecule has 0 spiro atoms. The molecule has 1 aromatic rings. The standard InChI is InChI=1S/C11H13BrFN/c1-6-5-7-9(13)4-3-8(12)10(7)11(6)14-2/h3-4,6,11,14H,5H2,1-2H3. The monoisotopic (exact) mass is 257 g/mol. The molecule has 14 heavy (non-hydrogen) atoms. The highest BCUT2D eigenvalue weighted by Gasteiger charge is 2.31. The van der Waals surface area contributed by atoms with E-state index in [0.29, 0.717) is 5.92 Å². The van der Waals surface area contributed by atoms with Crippen molar-refractivity contribution in [2.75, 3.05) is 7.05 Å². The highest BCUT2D eigenvalue weighted by molar-refractivity contribution is 9.10. The molecule has 0 bridgehead atoms. The Bertz CT molecular complexity index is 365. The average molecular weight is 258 g/mol. The van der Waals surface area contributed by atoms with Gasteiger partial charge in [-0.2, -0.15) is 0 Å². The maximum absolute atomic E-state index is 13.5. The second-order valence-corrected chi connectivity index (χ2v) is 4.72. The van der Waals surface area contributed by atoms with Gasteiger partial charge >= 0.3 is 0 Å². The Morgan fingerprint density at radius 1 is 1.50 bits per heavy atom. The molecule has 2 atom stereocenters. The lowest BCUT2D eigenvalue weighted by atomic mass is 10.0. The quantitative estimate of drug-likeness (QED) is 0.816. The Balaban J connectivity index is 2.57. The van der Waals surface area contributed by atoms with E-state index in [-0.39, 0.29) is 11.9 Å². The second-order valence-electron chi connectivity index (χ2n) is 3.87. The SMILES string of the molecule is CNC1c2c(Br)ccc(F)c2CC1C. The van der Waals surface area contributed by atoms with Gasteiger partial charge in [0.25, 0.3) is 0 Å². The third kappa shape index (κ3) is 1.39. The van der Waals surface area contributed by atoms with Crippen LogP contribution >= 0.6 is 15.9 Å². The van der Waals surface area contributed by atoms with Crippen molar-refractivity contribution in [2.45, 2.75) is 19.4 Å². The first kappa shape index (κ1) is 10.1. The van der Waals surface area contributed by atoms with Gasteiger partial charge in [-0.3, -0.25) is 0 Å². The van der Waals surface area contributed by atoms with E-state index in [1.165, 1.54) is 6.07 Å². The van der Waals surface area contributed by atoms with Crippen molar-refractivity contribution in [1.29, 1.82) is 0 Å². The van der Waals surface area contributed by atoms with Gasteiger partial charge in [-0.15, -0.1) is 0 Å². The number of hydrogen-bond donors (Lipinski definition) is 1. The zero-order valence-corrected chi connectivity index (χ0v) is 9.86. The zero-order chi connectivity index (χ0) is 10.3. The van der Waals surface area contributed by atoms with Crippen LogP contribution in [0.1, 0.15) is 24.1 Å². The van der Waals surface area contributed by atoms with Gasteiger partial charge in [-0.1, -0.05) is 22.9 Å². The molecule has 1 N–H and O–H groups in total. The maximum atomic E-state index is 13.5. The van der Waals surface area contributed by atoms with Crippen LogP contribution < -0.4 is 5.32 Å². The normalized spacial score (nSPS) is 25.1. The molecule has 0 amide bonds. The summed E-state index contributed by atoms with van der Waals surface area (Å²) in [6.45, 7) is 2.15. The number of rotatable bonds is 1. The molecule has 1 aliphatic carbocycles. The van der Waals surface area contributed by atoms with E-state index in [4.69, 9.17) is 0 Å². The summed E-state index contributed by atoms with van der Waals surface area (Å²) < 4.78 is 14.5. The Labute approximate surface area is 91.8 Å². The van der Waals surface area contributed by atoms with Crippen LogP contribution in [-0.2, 0) is 6.42 Å². The second kappa shape index (κ2) is 3.63. The summed E-state index contributed by atoms with van der Waals surface area (Å²) in [5.74, 6) is 0.385. The number of benzene rings is 1. The maximum Gasteiger partial charge on any atom is 0.126 e. The molecule has 0 radical (unpaired) electrons. The van der Waals surface area contributed by atoms with Crippen LogP contribution in [0.3, 0.4) is 0 Å². The molecule has 3 heteroatoms. The summed E-state index contributed by atoms with van der Waals surface area (Å²) in [4.78, 5) is 0. The van der Waals surface area contributed by atoms with E-state index in [0.717, 1.165) is 22.0 Å². The summed E-state index contributed by atoms with van der Waals surface area (Å²) in [5, 5.41) is 3.24. The Kier molecular flexibility index (Phi) is 2.62. The highest BCUT2D eigenvalue weighted by Crippen LogP contribution is 2.40. The first-order valence-electron chi connectivity index (χ1n) is 4.79. The molecule has 0 aliphatic heterocycles. The summed E-state index contributed by atoms with van der Waals surface area (Å²) in [7, 11) is 1.92. The minimum Gasteiger partial charge on any atom is -0.313 e. The first-order chi connectivity index (χ1) is 6.65. The number of nitrogens with one attached hydrogen (secondary N) is 1. The molecule has 76 valence electrons. The van der Waals surface area contributed by atoms with Crippen molar-refractivity contribution in [3.8, 4) is 0 Å². The van der Waals surface area contributed by atoms with Crippen molar-refractivity contribution in [2.24, 2.45) is 5.92 Å². The Morgan fingerprint density at radius 3 is 2.86 bits per heavy atom. The van der Waals surface area contributed by atoms with E-state index >= 15 is 0 Å². The van der Waals surface area contributed by atoms with Crippen LogP contribution in [0.2, 0.25) is 0 Å². The topological polar surface area (TPSA) is 12.0 Å². The number of halogens is 2. The summed E-state index contributed by atoms with van der Waals surface area (Å²) in [5.41, 5.74) is 1.96. The summed E-state index contributed by atoms with van der Waals surface area (Å²) >= 11 is 3.48. The molecule has 1 aromatic carbocycles. The lowest BCUT2D eigenvalue weighted by Gasteiger charge is -2.16. The van der Waals surface area contributed by atoms with E-state index in [1.807, 2.05) is 7.05 Å².